The molecule has 0 spiro atoms. The highest BCUT2D eigenvalue weighted by molar-refractivity contribution is 5.95. The molecule has 0 unspecified atom stereocenters. The fourth-order valence-electron chi connectivity index (χ4n) is 3.49. The lowest BCUT2D eigenvalue weighted by Gasteiger charge is -2.27. The quantitative estimate of drug-likeness (QED) is 0.848. The Morgan fingerprint density at radius 3 is 2.65 bits per heavy atom. The number of nitrogens with one attached hydrogen (secondary N) is 2. The summed E-state index contributed by atoms with van der Waals surface area (Å²) in [4.78, 5) is 39.5. The SMILES string of the molecule is C[C@@H](CN1CCCC1=O)NC(=O)Nc1cccc(N2CCCCC2=O)c1. The molecule has 0 radical (unpaired) electrons. The molecule has 0 aromatic heterocycles. The number of carbonyl (C=O) groups is 3. The largest absolute Gasteiger partial charge is 0.341 e. The maximum absolute atomic E-state index is 12.2. The molecule has 1 aromatic carbocycles. The minimum absolute atomic E-state index is 0.127. The first-order valence-electron chi connectivity index (χ1n) is 9.28. The number of rotatable bonds is 5. The third-order valence-electron chi connectivity index (χ3n) is 4.78. The zero-order valence-corrected chi connectivity index (χ0v) is 15.2. The van der Waals surface area contributed by atoms with Gasteiger partial charge in [-0.25, -0.2) is 4.79 Å². The molecule has 1 atom stereocenters. The molecule has 1 aromatic rings. The molecule has 2 saturated heterocycles. The second-order valence-corrected chi connectivity index (χ2v) is 7.00. The second kappa shape index (κ2) is 8.21. The van der Waals surface area contributed by atoms with Gasteiger partial charge in [-0.05, 0) is 44.4 Å². The van der Waals surface area contributed by atoms with E-state index in [9.17, 15) is 14.4 Å². The Labute approximate surface area is 153 Å². The summed E-state index contributed by atoms with van der Waals surface area (Å²) in [7, 11) is 0. The molecular formula is C19H26N4O3. The summed E-state index contributed by atoms with van der Waals surface area (Å²) in [5, 5.41) is 5.67. The third-order valence-corrected chi connectivity index (χ3v) is 4.78. The topological polar surface area (TPSA) is 81.8 Å². The lowest BCUT2D eigenvalue weighted by atomic mass is 10.1. The summed E-state index contributed by atoms with van der Waals surface area (Å²) in [6.07, 6.45) is 4.00. The molecule has 0 saturated carbocycles. The number of hydrogen-bond acceptors (Lipinski definition) is 3. The van der Waals surface area contributed by atoms with Crippen LogP contribution in [-0.2, 0) is 9.59 Å². The fourth-order valence-corrected chi connectivity index (χ4v) is 3.49. The van der Waals surface area contributed by atoms with Crippen LogP contribution in [0.4, 0.5) is 16.2 Å². The molecule has 2 aliphatic heterocycles. The van der Waals surface area contributed by atoms with Crippen LogP contribution < -0.4 is 15.5 Å². The maximum Gasteiger partial charge on any atom is 0.319 e. The van der Waals surface area contributed by atoms with Crippen LogP contribution in [0.25, 0.3) is 0 Å². The van der Waals surface area contributed by atoms with Crippen LogP contribution in [0.5, 0.6) is 0 Å². The molecule has 26 heavy (non-hydrogen) atoms. The van der Waals surface area contributed by atoms with Gasteiger partial charge in [0, 0.05) is 49.9 Å². The average Bonchev–Trinajstić information content (AvgIpc) is 3.00. The van der Waals surface area contributed by atoms with Crippen molar-refractivity contribution in [2.24, 2.45) is 0 Å². The van der Waals surface area contributed by atoms with Gasteiger partial charge >= 0.3 is 6.03 Å². The Bertz CT molecular complexity index is 691. The Hall–Kier alpha value is -2.57. The lowest BCUT2D eigenvalue weighted by molar-refractivity contribution is -0.128. The summed E-state index contributed by atoms with van der Waals surface area (Å²) in [5.41, 5.74) is 1.45. The number of likely N-dealkylation sites (tertiary alicyclic amines) is 1. The number of urea groups is 1. The van der Waals surface area contributed by atoms with Crippen molar-refractivity contribution in [3.05, 3.63) is 24.3 Å². The van der Waals surface area contributed by atoms with Crippen LogP contribution in [-0.4, -0.2) is 48.4 Å². The van der Waals surface area contributed by atoms with Gasteiger partial charge in [-0.2, -0.15) is 0 Å². The van der Waals surface area contributed by atoms with Crippen LogP contribution in [0.15, 0.2) is 24.3 Å². The van der Waals surface area contributed by atoms with Gasteiger partial charge in [0.15, 0.2) is 0 Å². The second-order valence-electron chi connectivity index (χ2n) is 7.00. The van der Waals surface area contributed by atoms with E-state index in [0.717, 1.165) is 38.0 Å². The molecule has 2 heterocycles. The first kappa shape index (κ1) is 18.2. The molecule has 0 bridgehead atoms. The fraction of sp³-hybridized carbons (Fsp3) is 0.526. The van der Waals surface area contributed by atoms with E-state index in [1.807, 2.05) is 25.1 Å². The minimum atomic E-state index is -0.314. The summed E-state index contributed by atoms with van der Waals surface area (Å²) in [5.74, 6) is 0.278. The Balaban J connectivity index is 1.54. The molecule has 4 amide bonds. The summed E-state index contributed by atoms with van der Waals surface area (Å²) >= 11 is 0. The Morgan fingerprint density at radius 2 is 1.92 bits per heavy atom. The van der Waals surface area contributed by atoms with E-state index in [1.165, 1.54) is 0 Å². The Morgan fingerprint density at radius 1 is 1.12 bits per heavy atom. The number of nitrogens with zero attached hydrogens (tertiary/aromatic N) is 2. The van der Waals surface area contributed by atoms with E-state index < -0.39 is 0 Å². The molecule has 0 aliphatic carbocycles. The smallest absolute Gasteiger partial charge is 0.319 e. The number of anilines is 2. The lowest BCUT2D eigenvalue weighted by Crippen LogP contribution is -2.44. The summed E-state index contributed by atoms with van der Waals surface area (Å²) in [6.45, 7) is 3.89. The molecule has 3 rings (SSSR count). The average molecular weight is 358 g/mol. The summed E-state index contributed by atoms with van der Waals surface area (Å²) < 4.78 is 0. The van der Waals surface area contributed by atoms with Crippen LogP contribution in [0, 0.1) is 0 Å². The van der Waals surface area contributed by atoms with Gasteiger partial charge in [-0.15, -0.1) is 0 Å². The number of amides is 4. The van der Waals surface area contributed by atoms with Crippen LogP contribution >= 0.6 is 0 Å². The van der Waals surface area contributed by atoms with E-state index in [0.29, 0.717) is 25.1 Å². The number of hydrogen-bond donors (Lipinski definition) is 2. The van der Waals surface area contributed by atoms with E-state index in [2.05, 4.69) is 10.6 Å². The highest BCUT2D eigenvalue weighted by Gasteiger charge is 2.23. The molecule has 7 heteroatoms. The van der Waals surface area contributed by atoms with Gasteiger partial charge < -0.3 is 20.4 Å². The van der Waals surface area contributed by atoms with Crippen molar-refractivity contribution in [1.82, 2.24) is 10.2 Å². The van der Waals surface area contributed by atoms with Gasteiger partial charge in [-0.3, -0.25) is 9.59 Å². The zero-order chi connectivity index (χ0) is 18.5. The van der Waals surface area contributed by atoms with Crippen molar-refractivity contribution in [3.8, 4) is 0 Å². The number of carbonyl (C=O) groups excluding carboxylic acids is 3. The van der Waals surface area contributed by atoms with Crippen LogP contribution in [0.1, 0.15) is 39.0 Å². The molecule has 2 N–H and O–H groups in total. The highest BCUT2D eigenvalue weighted by Crippen LogP contribution is 2.23. The van der Waals surface area contributed by atoms with Gasteiger partial charge in [0.25, 0.3) is 0 Å². The van der Waals surface area contributed by atoms with E-state index >= 15 is 0 Å². The van der Waals surface area contributed by atoms with E-state index in [1.54, 1.807) is 15.9 Å². The molecule has 2 aliphatic rings. The standard InChI is InChI=1S/C19H26N4O3/c1-14(13-22-10-5-9-17(22)24)20-19(26)21-15-6-4-7-16(12-15)23-11-3-2-8-18(23)25/h4,6-7,12,14H,2-3,5,8-11,13H2,1H3,(H2,20,21,26)/t14-/m0/s1. The van der Waals surface area contributed by atoms with Crippen molar-refractivity contribution in [2.75, 3.05) is 29.9 Å². The van der Waals surface area contributed by atoms with Gasteiger partial charge in [0.05, 0.1) is 0 Å². The highest BCUT2D eigenvalue weighted by atomic mass is 16.2. The minimum Gasteiger partial charge on any atom is -0.341 e. The van der Waals surface area contributed by atoms with Gasteiger partial charge in [-0.1, -0.05) is 6.07 Å². The van der Waals surface area contributed by atoms with E-state index in [4.69, 9.17) is 0 Å². The van der Waals surface area contributed by atoms with Crippen molar-refractivity contribution >= 4 is 29.2 Å². The number of piperidine rings is 1. The van der Waals surface area contributed by atoms with Crippen LogP contribution in [0.2, 0.25) is 0 Å². The molecular weight excluding hydrogens is 332 g/mol. The van der Waals surface area contributed by atoms with Gasteiger partial charge in [0.1, 0.15) is 0 Å². The Kier molecular flexibility index (Phi) is 5.75. The normalized spacial score (nSPS) is 18.8. The molecule has 7 nitrogen and oxygen atoms in total. The first-order valence-corrected chi connectivity index (χ1v) is 9.28. The monoisotopic (exact) mass is 358 g/mol. The van der Waals surface area contributed by atoms with Crippen molar-refractivity contribution in [1.29, 1.82) is 0 Å². The molecule has 2 fully saturated rings. The van der Waals surface area contributed by atoms with E-state index in [-0.39, 0.29) is 23.9 Å². The van der Waals surface area contributed by atoms with Crippen LogP contribution in [0.3, 0.4) is 0 Å². The van der Waals surface area contributed by atoms with Crippen molar-refractivity contribution in [2.45, 2.75) is 45.1 Å². The first-order chi connectivity index (χ1) is 12.5. The summed E-state index contributed by atoms with van der Waals surface area (Å²) in [6, 6.07) is 6.88. The maximum atomic E-state index is 12.2. The predicted octanol–water partition coefficient (Wildman–Crippen LogP) is 2.34. The number of benzene rings is 1. The third kappa shape index (κ3) is 4.53. The predicted molar refractivity (Wildman–Crippen MR) is 100 cm³/mol. The van der Waals surface area contributed by atoms with Crippen molar-refractivity contribution < 1.29 is 14.4 Å². The van der Waals surface area contributed by atoms with Crippen molar-refractivity contribution in [3.63, 3.8) is 0 Å². The molecule has 140 valence electrons. The van der Waals surface area contributed by atoms with Gasteiger partial charge in [0.2, 0.25) is 11.8 Å². The zero-order valence-electron chi connectivity index (χ0n) is 15.2.